The minimum absolute atomic E-state index is 0.0895. The van der Waals surface area contributed by atoms with Gasteiger partial charge >= 0.3 is 6.18 Å². The lowest BCUT2D eigenvalue weighted by Crippen LogP contribution is -2.45. The number of aromatic nitrogens is 4. The van der Waals surface area contributed by atoms with E-state index >= 15 is 0 Å². The van der Waals surface area contributed by atoms with Crippen molar-refractivity contribution >= 4 is 0 Å². The monoisotopic (exact) mass is 341 g/mol. The number of hydrogen-bond acceptors (Lipinski definition) is 5. The molecule has 0 amide bonds. The molecule has 1 fully saturated rings. The summed E-state index contributed by atoms with van der Waals surface area (Å²) in [5.41, 5.74) is -0.436. The number of hydrogen-bond donors (Lipinski definition) is 0. The highest BCUT2D eigenvalue weighted by molar-refractivity contribution is 5.36. The maximum atomic E-state index is 12.9. The van der Waals surface area contributed by atoms with Crippen molar-refractivity contribution < 1.29 is 17.9 Å². The summed E-state index contributed by atoms with van der Waals surface area (Å²) in [7, 11) is 0. The third-order valence-electron chi connectivity index (χ3n) is 3.81. The molecule has 130 valence electrons. The molecule has 0 saturated carbocycles. The summed E-state index contributed by atoms with van der Waals surface area (Å²) in [6.07, 6.45) is -4.22. The second kappa shape index (κ2) is 6.48. The van der Waals surface area contributed by atoms with Gasteiger partial charge in [0.2, 0.25) is 0 Å². The Morgan fingerprint density at radius 1 is 1.21 bits per heavy atom. The molecule has 2 aromatic rings. The van der Waals surface area contributed by atoms with E-state index in [1.807, 2.05) is 13.8 Å². The minimum Gasteiger partial charge on any atom is -0.373 e. The number of halogens is 3. The van der Waals surface area contributed by atoms with Crippen LogP contribution in [0.3, 0.4) is 0 Å². The molecule has 1 aromatic carbocycles. The molecule has 0 aliphatic carbocycles. The van der Waals surface area contributed by atoms with Crippen LogP contribution >= 0.6 is 0 Å². The Labute approximate surface area is 137 Å². The molecule has 2 unspecified atom stereocenters. The molecule has 24 heavy (non-hydrogen) atoms. The zero-order valence-corrected chi connectivity index (χ0v) is 13.4. The largest absolute Gasteiger partial charge is 0.416 e. The van der Waals surface area contributed by atoms with E-state index in [1.54, 1.807) is 6.07 Å². The molecule has 6 nitrogen and oxygen atoms in total. The van der Waals surface area contributed by atoms with Gasteiger partial charge in [0.25, 0.3) is 0 Å². The number of tetrazole rings is 1. The highest BCUT2D eigenvalue weighted by Crippen LogP contribution is 2.30. The first-order chi connectivity index (χ1) is 11.3. The molecule has 3 rings (SSSR count). The number of ether oxygens (including phenoxy) is 1. The van der Waals surface area contributed by atoms with Crippen LogP contribution in [0.2, 0.25) is 0 Å². The minimum atomic E-state index is -4.40. The van der Waals surface area contributed by atoms with Crippen LogP contribution in [0, 0.1) is 0 Å². The van der Waals surface area contributed by atoms with Crippen molar-refractivity contribution in [2.75, 3.05) is 13.1 Å². The highest BCUT2D eigenvalue weighted by atomic mass is 19.4. The predicted octanol–water partition coefficient (Wildman–Crippen LogP) is 2.29. The number of rotatable bonds is 3. The van der Waals surface area contributed by atoms with Crippen LogP contribution in [-0.2, 0) is 17.5 Å². The van der Waals surface area contributed by atoms with Gasteiger partial charge in [0, 0.05) is 13.1 Å². The lowest BCUT2D eigenvalue weighted by molar-refractivity contribution is -0.137. The van der Waals surface area contributed by atoms with Crippen LogP contribution in [0.15, 0.2) is 24.3 Å². The van der Waals surface area contributed by atoms with Crippen molar-refractivity contribution in [1.82, 2.24) is 25.1 Å². The molecular weight excluding hydrogens is 323 g/mol. The van der Waals surface area contributed by atoms with Gasteiger partial charge in [0.05, 0.1) is 30.0 Å². The molecule has 1 aromatic heterocycles. The van der Waals surface area contributed by atoms with Gasteiger partial charge in [-0.3, -0.25) is 4.90 Å². The lowest BCUT2D eigenvalue weighted by atomic mass is 10.2. The molecule has 2 atom stereocenters. The summed E-state index contributed by atoms with van der Waals surface area (Å²) < 4.78 is 45.7. The second-order valence-corrected chi connectivity index (χ2v) is 6.01. The fourth-order valence-electron chi connectivity index (χ4n) is 2.93. The summed E-state index contributed by atoms with van der Waals surface area (Å²) in [6.45, 7) is 5.86. The van der Waals surface area contributed by atoms with Crippen molar-refractivity contribution in [3.8, 4) is 5.69 Å². The van der Waals surface area contributed by atoms with Crippen molar-refractivity contribution in [1.29, 1.82) is 0 Å². The van der Waals surface area contributed by atoms with Crippen molar-refractivity contribution in [3.63, 3.8) is 0 Å². The number of alkyl halides is 3. The summed E-state index contributed by atoms with van der Waals surface area (Å²) in [4.78, 5) is 2.13. The van der Waals surface area contributed by atoms with Gasteiger partial charge in [0.15, 0.2) is 5.82 Å². The summed E-state index contributed by atoms with van der Waals surface area (Å²) in [5.74, 6) is 0.496. The van der Waals surface area contributed by atoms with Crippen LogP contribution in [-0.4, -0.2) is 50.4 Å². The highest BCUT2D eigenvalue weighted by Gasteiger charge is 2.31. The topological polar surface area (TPSA) is 56.1 Å². The van der Waals surface area contributed by atoms with Gasteiger partial charge in [0.1, 0.15) is 0 Å². The SMILES string of the molecule is CC1CN(Cc2nnnn2-c2cccc(C(F)(F)F)c2)CC(C)O1. The maximum absolute atomic E-state index is 12.9. The second-order valence-electron chi connectivity index (χ2n) is 6.01. The van der Waals surface area contributed by atoms with Gasteiger partial charge in [-0.2, -0.15) is 17.9 Å². The quantitative estimate of drug-likeness (QED) is 0.857. The Kier molecular flexibility index (Phi) is 4.55. The Morgan fingerprint density at radius 3 is 2.58 bits per heavy atom. The first-order valence-electron chi connectivity index (χ1n) is 7.65. The molecule has 0 spiro atoms. The van der Waals surface area contributed by atoms with E-state index in [0.29, 0.717) is 18.1 Å². The van der Waals surface area contributed by atoms with Crippen LogP contribution in [0.5, 0.6) is 0 Å². The number of morpholine rings is 1. The third-order valence-corrected chi connectivity index (χ3v) is 3.81. The fraction of sp³-hybridized carbons (Fsp3) is 0.533. The normalized spacial score (nSPS) is 22.7. The average molecular weight is 341 g/mol. The van der Waals surface area contributed by atoms with Gasteiger partial charge in [-0.25, -0.2) is 0 Å². The van der Waals surface area contributed by atoms with Crippen LogP contribution in [0.4, 0.5) is 13.2 Å². The maximum Gasteiger partial charge on any atom is 0.416 e. The van der Waals surface area contributed by atoms with E-state index in [4.69, 9.17) is 4.74 Å². The van der Waals surface area contributed by atoms with Crippen molar-refractivity contribution in [3.05, 3.63) is 35.7 Å². The summed E-state index contributed by atoms with van der Waals surface area (Å²) in [5, 5.41) is 11.4. The zero-order chi connectivity index (χ0) is 17.3. The molecular formula is C15H18F3N5O. The standard InChI is InChI=1S/C15H18F3N5O/c1-10-7-22(8-11(2)24-10)9-14-19-20-21-23(14)13-5-3-4-12(6-13)15(16,17)18/h3-6,10-11H,7-9H2,1-2H3. The van der Waals surface area contributed by atoms with Crippen LogP contribution in [0.25, 0.3) is 5.69 Å². The van der Waals surface area contributed by atoms with E-state index in [-0.39, 0.29) is 12.2 Å². The first kappa shape index (κ1) is 16.8. The summed E-state index contributed by atoms with van der Waals surface area (Å²) in [6, 6.07) is 4.98. The molecule has 1 aliphatic rings. The van der Waals surface area contributed by atoms with Crippen molar-refractivity contribution in [2.45, 2.75) is 38.8 Å². The van der Waals surface area contributed by atoms with Crippen molar-refractivity contribution in [2.24, 2.45) is 0 Å². The van der Waals surface area contributed by atoms with Crippen LogP contribution < -0.4 is 0 Å². The summed E-state index contributed by atoms with van der Waals surface area (Å²) >= 11 is 0. The Balaban J connectivity index is 1.83. The van der Waals surface area contributed by atoms with Gasteiger partial charge in [-0.05, 0) is 42.5 Å². The molecule has 1 aliphatic heterocycles. The number of nitrogens with zero attached hydrogens (tertiary/aromatic N) is 5. The molecule has 9 heteroatoms. The third kappa shape index (κ3) is 3.73. The first-order valence-corrected chi connectivity index (χ1v) is 7.65. The Bertz CT molecular complexity index is 692. The Morgan fingerprint density at radius 2 is 1.92 bits per heavy atom. The average Bonchev–Trinajstić information content (AvgIpc) is 2.93. The number of benzene rings is 1. The van der Waals surface area contributed by atoms with Gasteiger partial charge in [-0.15, -0.1) is 5.10 Å². The van der Waals surface area contributed by atoms with Gasteiger partial charge < -0.3 is 4.74 Å². The van der Waals surface area contributed by atoms with E-state index in [9.17, 15) is 13.2 Å². The van der Waals surface area contributed by atoms with Crippen LogP contribution in [0.1, 0.15) is 25.2 Å². The lowest BCUT2D eigenvalue weighted by Gasteiger charge is -2.34. The molecule has 0 N–H and O–H groups in total. The molecule has 0 radical (unpaired) electrons. The van der Waals surface area contributed by atoms with E-state index in [0.717, 1.165) is 25.2 Å². The smallest absolute Gasteiger partial charge is 0.373 e. The zero-order valence-electron chi connectivity index (χ0n) is 13.4. The molecule has 2 heterocycles. The molecule has 0 bridgehead atoms. The van der Waals surface area contributed by atoms with E-state index < -0.39 is 11.7 Å². The predicted molar refractivity (Wildman–Crippen MR) is 79.4 cm³/mol. The van der Waals surface area contributed by atoms with E-state index in [2.05, 4.69) is 20.4 Å². The van der Waals surface area contributed by atoms with E-state index in [1.165, 1.54) is 10.7 Å². The fourth-order valence-corrected chi connectivity index (χ4v) is 2.93. The molecule has 1 saturated heterocycles. The van der Waals surface area contributed by atoms with Gasteiger partial charge in [-0.1, -0.05) is 6.07 Å². The Hall–Kier alpha value is -2.00.